The fourth-order valence-electron chi connectivity index (χ4n) is 1.75. The summed E-state index contributed by atoms with van der Waals surface area (Å²) in [6.07, 6.45) is 0.449. The molecule has 0 aliphatic carbocycles. The number of methoxy groups -OCH3 is 1. The number of ether oxygens (including phenoxy) is 1. The molecule has 0 atom stereocenters. The number of sulfone groups is 1. The van der Waals surface area contributed by atoms with Gasteiger partial charge in [-0.25, -0.2) is 8.42 Å². The van der Waals surface area contributed by atoms with Gasteiger partial charge >= 0.3 is 0 Å². The lowest BCUT2D eigenvalue weighted by molar-refractivity contribution is 0.199. The van der Waals surface area contributed by atoms with Gasteiger partial charge in [-0.2, -0.15) is 0 Å². The molecule has 0 saturated carbocycles. The Morgan fingerprint density at radius 3 is 2.22 bits per heavy atom. The Bertz CT molecular complexity index is 514. The van der Waals surface area contributed by atoms with E-state index in [1.807, 2.05) is 0 Å². The van der Waals surface area contributed by atoms with Crippen molar-refractivity contribution in [2.45, 2.75) is 25.2 Å². The predicted octanol–water partition coefficient (Wildman–Crippen LogP) is 2.51. The highest BCUT2D eigenvalue weighted by atomic mass is 32.2. The molecule has 0 unspecified atom stereocenters. The van der Waals surface area contributed by atoms with E-state index in [0.717, 1.165) is 0 Å². The van der Waals surface area contributed by atoms with E-state index in [1.54, 1.807) is 13.8 Å². The van der Waals surface area contributed by atoms with Gasteiger partial charge in [-0.05, 0) is 48.7 Å². The largest absolute Gasteiger partial charge is 0.385 e. The molecular weight excluding hydrogens is 254 g/mol. The first kappa shape index (κ1) is 14.8. The zero-order valence-electron chi connectivity index (χ0n) is 10.8. The Hall–Kier alpha value is -1.27. The Morgan fingerprint density at radius 2 is 1.78 bits per heavy atom. The van der Waals surface area contributed by atoms with E-state index in [0.29, 0.717) is 29.8 Å². The van der Waals surface area contributed by atoms with Crippen LogP contribution in [0.25, 0.3) is 0 Å². The van der Waals surface area contributed by atoms with Crippen LogP contribution in [0.4, 0.5) is 5.69 Å². The summed E-state index contributed by atoms with van der Waals surface area (Å²) >= 11 is 0. The molecular formula is C12H17NO4S. The minimum atomic E-state index is -3.33. The molecule has 1 rings (SSSR count). The van der Waals surface area contributed by atoms with Crippen LogP contribution in [0.2, 0.25) is 0 Å². The van der Waals surface area contributed by atoms with E-state index in [4.69, 9.17) is 4.74 Å². The molecule has 0 spiro atoms. The SMILES string of the molecule is COCCCS(=O)(=O)c1cc(C)c(N=O)c(C)c1. The molecule has 0 heterocycles. The molecule has 0 N–H and O–H groups in total. The minimum Gasteiger partial charge on any atom is -0.385 e. The van der Waals surface area contributed by atoms with Crippen LogP contribution in [0, 0.1) is 18.8 Å². The number of hydrogen-bond donors (Lipinski definition) is 0. The third kappa shape index (κ3) is 3.36. The van der Waals surface area contributed by atoms with Crippen molar-refractivity contribution < 1.29 is 13.2 Å². The van der Waals surface area contributed by atoms with E-state index in [9.17, 15) is 13.3 Å². The lowest BCUT2D eigenvalue weighted by Crippen LogP contribution is -2.09. The van der Waals surface area contributed by atoms with Gasteiger partial charge in [0.1, 0.15) is 5.69 Å². The summed E-state index contributed by atoms with van der Waals surface area (Å²) in [7, 11) is -1.79. The molecule has 0 fully saturated rings. The Labute approximate surface area is 107 Å². The Balaban J connectivity index is 3.07. The van der Waals surface area contributed by atoms with Gasteiger partial charge in [-0.15, -0.1) is 4.91 Å². The molecule has 1 aromatic carbocycles. The molecule has 0 bridgehead atoms. The second kappa shape index (κ2) is 6.06. The van der Waals surface area contributed by atoms with Gasteiger partial charge in [-0.3, -0.25) is 0 Å². The van der Waals surface area contributed by atoms with Crippen molar-refractivity contribution in [3.05, 3.63) is 28.2 Å². The second-order valence-corrected chi connectivity index (χ2v) is 6.27. The van der Waals surface area contributed by atoms with Gasteiger partial charge in [-0.1, -0.05) is 0 Å². The van der Waals surface area contributed by atoms with Crippen LogP contribution >= 0.6 is 0 Å². The highest BCUT2D eigenvalue weighted by Crippen LogP contribution is 2.27. The first-order valence-corrected chi connectivity index (χ1v) is 7.24. The molecule has 0 radical (unpaired) electrons. The standard InChI is InChI=1S/C12H17NO4S/c1-9-7-11(8-10(2)12(9)13-14)18(15,16)6-4-5-17-3/h7-8H,4-6H2,1-3H3. The predicted molar refractivity (Wildman–Crippen MR) is 69.9 cm³/mol. The van der Waals surface area contributed by atoms with Crippen molar-refractivity contribution in [1.29, 1.82) is 0 Å². The highest BCUT2D eigenvalue weighted by Gasteiger charge is 2.17. The molecule has 0 aliphatic rings. The monoisotopic (exact) mass is 271 g/mol. The van der Waals surface area contributed by atoms with Crippen LogP contribution in [-0.2, 0) is 14.6 Å². The third-order valence-electron chi connectivity index (χ3n) is 2.68. The lowest BCUT2D eigenvalue weighted by atomic mass is 10.1. The molecule has 100 valence electrons. The van der Waals surface area contributed by atoms with Gasteiger partial charge in [0.15, 0.2) is 9.84 Å². The first-order valence-electron chi connectivity index (χ1n) is 5.58. The maximum Gasteiger partial charge on any atom is 0.178 e. The summed E-state index contributed by atoms with van der Waals surface area (Å²) in [5, 5.41) is 2.90. The topological polar surface area (TPSA) is 72.8 Å². The fourth-order valence-corrected chi connectivity index (χ4v) is 3.20. The zero-order valence-corrected chi connectivity index (χ0v) is 11.6. The fraction of sp³-hybridized carbons (Fsp3) is 0.500. The van der Waals surface area contributed by atoms with E-state index in [2.05, 4.69) is 5.18 Å². The maximum atomic E-state index is 12.0. The van der Waals surface area contributed by atoms with Crippen molar-refractivity contribution in [1.82, 2.24) is 0 Å². The highest BCUT2D eigenvalue weighted by molar-refractivity contribution is 7.91. The van der Waals surface area contributed by atoms with Gasteiger partial charge in [0, 0.05) is 13.7 Å². The first-order chi connectivity index (χ1) is 8.42. The molecule has 1 aromatic rings. The number of nitroso groups, excluding NO2 is 1. The molecule has 0 aliphatic heterocycles. The van der Waals surface area contributed by atoms with Crippen LogP contribution in [0.1, 0.15) is 17.5 Å². The molecule has 6 heteroatoms. The average Bonchev–Trinajstić information content (AvgIpc) is 2.28. The van der Waals surface area contributed by atoms with Crippen LogP contribution in [0.5, 0.6) is 0 Å². The lowest BCUT2D eigenvalue weighted by Gasteiger charge is -2.08. The van der Waals surface area contributed by atoms with Crippen molar-refractivity contribution in [3.8, 4) is 0 Å². The molecule has 5 nitrogen and oxygen atoms in total. The van der Waals surface area contributed by atoms with E-state index in [1.165, 1.54) is 19.2 Å². The molecule has 0 amide bonds. The van der Waals surface area contributed by atoms with E-state index in [-0.39, 0.29) is 10.6 Å². The minimum absolute atomic E-state index is 0.0353. The number of benzene rings is 1. The third-order valence-corrected chi connectivity index (χ3v) is 4.46. The van der Waals surface area contributed by atoms with Crippen LogP contribution in [0.15, 0.2) is 22.2 Å². The molecule has 0 saturated heterocycles. The van der Waals surface area contributed by atoms with Gasteiger partial charge in [0.2, 0.25) is 0 Å². The van der Waals surface area contributed by atoms with Crippen LogP contribution < -0.4 is 0 Å². The van der Waals surface area contributed by atoms with Crippen LogP contribution in [-0.4, -0.2) is 27.9 Å². The summed E-state index contributed by atoms with van der Waals surface area (Å²) < 4.78 is 28.9. The van der Waals surface area contributed by atoms with E-state index >= 15 is 0 Å². The number of aryl methyl sites for hydroxylation is 2. The second-order valence-electron chi connectivity index (χ2n) is 4.16. The van der Waals surface area contributed by atoms with Gasteiger partial charge < -0.3 is 4.74 Å². The summed E-state index contributed by atoms with van der Waals surface area (Å²) in [4.78, 5) is 10.8. The molecule has 0 aromatic heterocycles. The number of nitrogens with zero attached hydrogens (tertiary/aromatic N) is 1. The van der Waals surface area contributed by atoms with E-state index < -0.39 is 9.84 Å². The Morgan fingerprint density at radius 1 is 1.22 bits per heavy atom. The van der Waals surface area contributed by atoms with Crippen molar-refractivity contribution in [2.24, 2.45) is 5.18 Å². The summed E-state index contributed by atoms with van der Waals surface area (Å²) in [5.74, 6) is 0.0353. The van der Waals surface area contributed by atoms with Gasteiger partial charge in [0.25, 0.3) is 0 Å². The molecule has 18 heavy (non-hydrogen) atoms. The summed E-state index contributed by atoms with van der Waals surface area (Å²) in [6.45, 7) is 3.76. The maximum absolute atomic E-state index is 12.0. The quantitative estimate of drug-likeness (QED) is 0.588. The van der Waals surface area contributed by atoms with Gasteiger partial charge in [0.05, 0.1) is 10.6 Å². The van der Waals surface area contributed by atoms with Crippen molar-refractivity contribution in [2.75, 3.05) is 19.5 Å². The van der Waals surface area contributed by atoms with Crippen molar-refractivity contribution in [3.63, 3.8) is 0 Å². The zero-order chi connectivity index (χ0) is 13.8. The summed E-state index contributed by atoms with van der Waals surface area (Å²) in [5.41, 5.74) is 1.47. The van der Waals surface area contributed by atoms with Crippen LogP contribution in [0.3, 0.4) is 0 Å². The average molecular weight is 271 g/mol. The van der Waals surface area contributed by atoms with Crippen molar-refractivity contribution >= 4 is 15.5 Å². The smallest absolute Gasteiger partial charge is 0.178 e. The summed E-state index contributed by atoms with van der Waals surface area (Å²) in [6, 6.07) is 2.98. The normalized spacial score (nSPS) is 11.5. The number of rotatable bonds is 6. The Kier molecular flexibility index (Phi) is 4.98. The number of hydrogen-bond acceptors (Lipinski definition) is 5.